The van der Waals surface area contributed by atoms with Crippen molar-refractivity contribution in [1.82, 2.24) is 0 Å². The second-order valence-corrected chi connectivity index (χ2v) is 14.3. The fraction of sp³-hybridized carbons (Fsp3) is 0.100. The van der Waals surface area contributed by atoms with Crippen LogP contribution in [0.3, 0.4) is 0 Å². The summed E-state index contributed by atoms with van der Waals surface area (Å²) in [6, 6.07) is 51.4. The Morgan fingerprint density at radius 3 is 2.02 bits per heavy atom. The molecule has 0 aromatic heterocycles. The molecule has 0 radical (unpaired) electrons. The van der Waals surface area contributed by atoms with Gasteiger partial charge in [-0.1, -0.05) is 151 Å². The lowest BCUT2D eigenvalue weighted by Crippen LogP contribution is -2.11. The van der Waals surface area contributed by atoms with Gasteiger partial charge in [0.2, 0.25) is 0 Å². The lowest BCUT2D eigenvalue weighted by molar-refractivity contribution is 0.590. The Kier molecular flexibility index (Phi) is 9.00. The van der Waals surface area contributed by atoms with Crippen LogP contribution < -0.4 is 4.90 Å². The maximum atomic E-state index is 6.86. The van der Waals surface area contributed by atoms with E-state index in [2.05, 4.69) is 169 Å². The fourth-order valence-electron chi connectivity index (χ4n) is 5.35. The summed E-state index contributed by atoms with van der Waals surface area (Å²) >= 11 is 12.3. The first-order chi connectivity index (χ1) is 21.2. The lowest BCUT2D eigenvalue weighted by atomic mass is 9.85. The van der Waals surface area contributed by atoms with Crippen LogP contribution in [-0.2, 0) is 5.41 Å². The molecular weight excluding hydrogens is 642 g/mol. The standard InChI is InChI=1S/C40H33BrClNS/c1-40(2,3)31-16-9-14-29(22-31)30-15-10-19-36(23-30)44-37-26-33(42)25-35(27-37)43(34-18-11-17-32(41)24-34)39-21-8-7-20-38(39)28-12-5-4-6-13-28/h4-27H,1-3H3. The number of nitrogens with zero attached hydrogens (tertiary/aromatic N) is 1. The highest BCUT2D eigenvalue weighted by Crippen LogP contribution is 2.44. The van der Waals surface area contributed by atoms with Gasteiger partial charge in [-0.3, -0.25) is 0 Å². The van der Waals surface area contributed by atoms with Crippen LogP contribution in [0.2, 0.25) is 5.02 Å². The number of rotatable bonds is 7. The third-order valence-electron chi connectivity index (χ3n) is 7.54. The summed E-state index contributed by atoms with van der Waals surface area (Å²) < 4.78 is 1.01. The highest BCUT2D eigenvalue weighted by molar-refractivity contribution is 9.10. The van der Waals surface area contributed by atoms with E-state index in [-0.39, 0.29) is 5.41 Å². The van der Waals surface area contributed by atoms with Crippen LogP contribution in [0.1, 0.15) is 26.3 Å². The summed E-state index contributed by atoms with van der Waals surface area (Å²) in [6.45, 7) is 6.76. The molecule has 0 bridgehead atoms. The van der Waals surface area contributed by atoms with E-state index in [1.807, 2.05) is 18.2 Å². The van der Waals surface area contributed by atoms with Crippen molar-refractivity contribution in [3.63, 3.8) is 0 Å². The van der Waals surface area contributed by atoms with E-state index in [0.29, 0.717) is 5.02 Å². The van der Waals surface area contributed by atoms with E-state index in [4.69, 9.17) is 11.6 Å². The summed E-state index contributed by atoms with van der Waals surface area (Å²) in [5.74, 6) is 0. The van der Waals surface area contributed by atoms with Gasteiger partial charge in [-0.15, -0.1) is 0 Å². The first kappa shape index (κ1) is 30.3. The molecule has 0 aliphatic heterocycles. The van der Waals surface area contributed by atoms with Crippen LogP contribution in [0, 0.1) is 0 Å². The van der Waals surface area contributed by atoms with E-state index in [1.165, 1.54) is 16.7 Å². The van der Waals surface area contributed by atoms with Crippen molar-refractivity contribution >= 4 is 56.4 Å². The third-order valence-corrected chi connectivity index (χ3v) is 9.21. The second kappa shape index (κ2) is 13.1. The predicted octanol–water partition coefficient (Wildman–Crippen LogP) is 13.4. The monoisotopic (exact) mass is 673 g/mol. The average Bonchev–Trinajstić information content (AvgIpc) is 3.01. The van der Waals surface area contributed by atoms with Crippen molar-refractivity contribution in [1.29, 1.82) is 0 Å². The number of benzene rings is 6. The van der Waals surface area contributed by atoms with Gasteiger partial charge in [-0.25, -0.2) is 0 Å². The van der Waals surface area contributed by atoms with Gasteiger partial charge in [-0.2, -0.15) is 0 Å². The molecule has 1 nitrogen and oxygen atoms in total. The van der Waals surface area contributed by atoms with Gasteiger partial charge in [0.05, 0.1) is 5.69 Å². The van der Waals surface area contributed by atoms with Crippen LogP contribution in [0.25, 0.3) is 22.3 Å². The normalized spacial score (nSPS) is 11.4. The maximum absolute atomic E-state index is 6.86. The molecule has 44 heavy (non-hydrogen) atoms. The van der Waals surface area contributed by atoms with Crippen molar-refractivity contribution in [2.24, 2.45) is 0 Å². The molecule has 0 atom stereocenters. The molecule has 0 unspecified atom stereocenters. The summed E-state index contributed by atoms with van der Waals surface area (Å²) in [5.41, 5.74) is 9.28. The molecule has 0 saturated heterocycles. The maximum Gasteiger partial charge on any atom is 0.0540 e. The largest absolute Gasteiger partial charge is 0.310 e. The van der Waals surface area contributed by atoms with Gasteiger partial charge < -0.3 is 4.90 Å². The van der Waals surface area contributed by atoms with E-state index in [9.17, 15) is 0 Å². The van der Waals surface area contributed by atoms with E-state index < -0.39 is 0 Å². The summed E-state index contributed by atoms with van der Waals surface area (Å²) in [4.78, 5) is 4.53. The Balaban J connectivity index is 1.41. The van der Waals surface area contributed by atoms with Crippen molar-refractivity contribution in [3.05, 3.63) is 161 Å². The Labute approximate surface area is 278 Å². The molecule has 4 heteroatoms. The molecule has 0 N–H and O–H groups in total. The molecule has 0 heterocycles. The van der Waals surface area contributed by atoms with E-state index in [0.717, 1.165) is 42.5 Å². The SMILES string of the molecule is CC(C)(C)c1cccc(-c2cccc(Sc3cc(Cl)cc(N(c4cccc(Br)c4)c4ccccc4-c4ccccc4)c3)c2)c1. The number of halogens is 2. The van der Waals surface area contributed by atoms with Gasteiger partial charge in [0.15, 0.2) is 0 Å². The number of hydrogen-bond acceptors (Lipinski definition) is 2. The Morgan fingerprint density at radius 1 is 0.568 bits per heavy atom. The van der Waals surface area contributed by atoms with Crippen molar-refractivity contribution in [3.8, 4) is 22.3 Å². The Bertz CT molecular complexity index is 1910. The second-order valence-electron chi connectivity index (χ2n) is 11.8. The van der Waals surface area contributed by atoms with Crippen molar-refractivity contribution in [2.45, 2.75) is 36.0 Å². The minimum absolute atomic E-state index is 0.0961. The van der Waals surface area contributed by atoms with Crippen LogP contribution in [0.4, 0.5) is 17.1 Å². The first-order valence-electron chi connectivity index (χ1n) is 14.6. The molecule has 6 aromatic rings. The molecule has 0 saturated carbocycles. The molecular formula is C40H33BrClNS. The topological polar surface area (TPSA) is 3.24 Å². The number of hydrogen-bond donors (Lipinski definition) is 0. The molecule has 6 rings (SSSR count). The quantitative estimate of drug-likeness (QED) is 0.166. The van der Waals surface area contributed by atoms with Gasteiger partial charge in [-0.05, 0) is 82.3 Å². The predicted molar refractivity (Wildman–Crippen MR) is 194 cm³/mol. The number of anilines is 3. The van der Waals surface area contributed by atoms with E-state index in [1.54, 1.807) is 11.8 Å². The van der Waals surface area contributed by atoms with Gasteiger partial charge in [0, 0.05) is 36.2 Å². The van der Waals surface area contributed by atoms with Crippen molar-refractivity contribution in [2.75, 3.05) is 4.90 Å². The van der Waals surface area contributed by atoms with Crippen LogP contribution in [0.15, 0.2) is 160 Å². The molecule has 0 amide bonds. The summed E-state index contributed by atoms with van der Waals surface area (Å²) in [7, 11) is 0. The first-order valence-corrected chi connectivity index (χ1v) is 16.6. The minimum atomic E-state index is 0.0961. The highest BCUT2D eigenvalue weighted by Gasteiger charge is 2.19. The molecule has 218 valence electrons. The smallest absolute Gasteiger partial charge is 0.0540 e. The van der Waals surface area contributed by atoms with Gasteiger partial charge in [0.25, 0.3) is 0 Å². The summed E-state index contributed by atoms with van der Waals surface area (Å²) in [6.07, 6.45) is 0. The average molecular weight is 675 g/mol. The molecule has 0 fully saturated rings. The molecule has 0 aliphatic rings. The zero-order valence-corrected chi connectivity index (χ0v) is 28.1. The van der Waals surface area contributed by atoms with Gasteiger partial charge >= 0.3 is 0 Å². The fourth-order valence-corrected chi connectivity index (χ4v) is 7.00. The van der Waals surface area contributed by atoms with Crippen molar-refractivity contribution < 1.29 is 0 Å². The zero-order valence-electron chi connectivity index (χ0n) is 25.0. The van der Waals surface area contributed by atoms with Crippen LogP contribution in [-0.4, -0.2) is 0 Å². The van der Waals surface area contributed by atoms with Crippen LogP contribution >= 0.6 is 39.3 Å². The Morgan fingerprint density at radius 2 is 1.25 bits per heavy atom. The third kappa shape index (κ3) is 6.97. The highest BCUT2D eigenvalue weighted by atomic mass is 79.9. The zero-order chi connectivity index (χ0) is 30.7. The van der Waals surface area contributed by atoms with Crippen LogP contribution in [0.5, 0.6) is 0 Å². The minimum Gasteiger partial charge on any atom is -0.310 e. The lowest BCUT2D eigenvalue weighted by Gasteiger charge is -2.28. The molecule has 0 aliphatic carbocycles. The molecule has 6 aromatic carbocycles. The number of para-hydroxylation sites is 1. The van der Waals surface area contributed by atoms with Gasteiger partial charge in [0.1, 0.15) is 0 Å². The van der Waals surface area contributed by atoms with E-state index >= 15 is 0 Å². The Hall–Kier alpha value is -3.76. The summed E-state index contributed by atoms with van der Waals surface area (Å²) in [5, 5.41) is 0.691. The molecule has 0 spiro atoms.